The summed E-state index contributed by atoms with van der Waals surface area (Å²) in [4.78, 5) is 24.3. The number of rotatable bonds is 4. The molecule has 0 saturated carbocycles. The number of carbonyl (C=O) groups is 2. The topological polar surface area (TPSA) is 55.4 Å². The van der Waals surface area contributed by atoms with E-state index < -0.39 is 5.72 Å². The first kappa shape index (κ1) is 16.2. The quantitative estimate of drug-likeness (QED) is 0.870. The molecule has 0 atom stereocenters. The Kier molecular flexibility index (Phi) is 4.62. The first-order valence-electron chi connectivity index (χ1n) is 7.34. The first-order chi connectivity index (χ1) is 10.4. The maximum atomic E-state index is 12.7. The lowest BCUT2D eigenvalue weighted by Crippen LogP contribution is -2.54. The molecule has 22 heavy (non-hydrogen) atoms. The predicted molar refractivity (Wildman–Crippen MR) is 85.5 cm³/mol. The second-order valence-corrected chi connectivity index (χ2v) is 5.44. The van der Waals surface area contributed by atoms with Gasteiger partial charge >= 0.3 is 0 Å². The standard InChI is InChI=1S/C18H21NO3/c1-5-22-18(13(3)10-15(20)11-14(18)4)19-17(21)16-9-7-6-8-12(16)2/h6-11H,5H2,1-4H3,(H,19,21). The van der Waals surface area contributed by atoms with Crippen LogP contribution in [0.4, 0.5) is 0 Å². The Morgan fingerprint density at radius 2 is 1.73 bits per heavy atom. The van der Waals surface area contributed by atoms with Gasteiger partial charge in [-0.25, -0.2) is 0 Å². The molecule has 0 unspecified atom stereocenters. The van der Waals surface area contributed by atoms with Crippen molar-refractivity contribution >= 4 is 11.7 Å². The van der Waals surface area contributed by atoms with Crippen LogP contribution in [0.1, 0.15) is 36.7 Å². The van der Waals surface area contributed by atoms with Crippen LogP contribution in [-0.4, -0.2) is 24.0 Å². The van der Waals surface area contributed by atoms with Crippen LogP contribution in [0.25, 0.3) is 0 Å². The number of hydrogen-bond acceptors (Lipinski definition) is 3. The normalized spacial score (nSPS) is 16.8. The van der Waals surface area contributed by atoms with Gasteiger partial charge in [-0.15, -0.1) is 0 Å². The lowest BCUT2D eigenvalue weighted by Gasteiger charge is -2.38. The van der Waals surface area contributed by atoms with E-state index in [1.807, 2.05) is 32.0 Å². The van der Waals surface area contributed by atoms with Gasteiger partial charge in [-0.2, -0.15) is 0 Å². The van der Waals surface area contributed by atoms with Crippen molar-refractivity contribution in [3.63, 3.8) is 0 Å². The second-order valence-electron chi connectivity index (χ2n) is 5.44. The maximum Gasteiger partial charge on any atom is 0.254 e. The fourth-order valence-corrected chi connectivity index (χ4v) is 2.72. The zero-order valence-corrected chi connectivity index (χ0v) is 13.4. The minimum absolute atomic E-state index is 0.0875. The van der Waals surface area contributed by atoms with Gasteiger partial charge < -0.3 is 10.1 Å². The van der Waals surface area contributed by atoms with E-state index in [-0.39, 0.29) is 11.7 Å². The number of hydrogen-bond donors (Lipinski definition) is 1. The van der Waals surface area contributed by atoms with E-state index in [0.717, 1.165) is 5.56 Å². The van der Waals surface area contributed by atoms with E-state index >= 15 is 0 Å². The largest absolute Gasteiger partial charge is 0.348 e. The van der Waals surface area contributed by atoms with Crippen molar-refractivity contribution in [2.24, 2.45) is 0 Å². The summed E-state index contributed by atoms with van der Waals surface area (Å²) in [5.41, 5.74) is 1.80. The van der Waals surface area contributed by atoms with Gasteiger partial charge in [-0.1, -0.05) is 18.2 Å². The first-order valence-corrected chi connectivity index (χ1v) is 7.34. The summed E-state index contributed by atoms with van der Waals surface area (Å²) in [7, 11) is 0. The van der Waals surface area contributed by atoms with Gasteiger partial charge in [0, 0.05) is 12.2 Å². The molecule has 0 aromatic heterocycles. The molecule has 1 aromatic carbocycles. The summed E-state index contributed by atoms with van der Waals surface area (Å²) < 4.78 is 5.85. The van der Waals surface area contributed by atoms with Crippen molar-refractivity contribution in [1.29, 1.82) is 0 Å². The summed E-state index contributed by atoms with van der Waals surface area (Å²) >= 11 is 0. The average molecular weight is 299 g/mol. The van der Waals surface area contributed by atoms with E-state index in [2.05, 4.69) is 5.32 Å². The van der Waals surface area contributed by atoms with Crippen LogP contribution in [0.3, 0.4) is 0 Å². The molecule has 0 spiro atoms. The van der Waals surface area contributed by atoms with Crippen LogP contribution < -0.4 is 5.32 Å². The minimum atomic E-state index is -1.05. The van der Waals surface area contributed by atoms with Gasteiger partial charge in [-0.05, 0) is 62.6 Å². The highest BCUT2D eigenvalue weighted by Gasteiger charge is 2.39. The van der Waals surface area contributed by atoms with Crippen molar-refractivity contribution < 1.29 is 14.3 Å². The third-order valence-electron chi connectivity index (χ3n) is 3.87. The number of ketones is 1. The van der Waals surface area contributed by atoms with E-state index in [1.54, 1.807) is 19.9 Å². The fourth-order valence-electron chi connectivity index (χ4n) is 2.72. The molecule has 0 fully saturated rings. The SMILES string of the molecule is CCOC1(NC(=O)c2ccccc2C)C(C)=CC(=O)C=C1C. The van der Waals surface area contributed by atoms with E-state index in [4.69, 9.17) is 4.74 Å². The monoisotopic (exact) mass is 299 g/mol. The lowest BCUT2D eigenvalue weighted by molar-refractivity contribution is -0.111. The number of carbonyl (C=O) groups excluding carboxylic acids is 2. The number of benzene rings is 1. The van der Waals surface area contributed by atoms with Crippen molar-refractivity contribution in [3.8, 4) is 0 Å². The molecular weight excluding hydrogens is 278 g/mol. The number of allylic oxidation sites excluding steroid dienone is 2. The molecule has 1 aliphatic rings. The summed E-state index contributed by atoms with van der Waals surface area (Å²) in [5.74, 6) is -0.308. The molecule has 1 aromatic rings. The van der Waals surface area contributed by atoms with Gasteiger partial charge in [0.05, 0.1) is 0 Å². The van der Waals surface area contributed by atoms with Crippen molar-refractivity contribution in [3.05, 3.63) is 58.7 Å². The molecule has 0 saturated heterocycles. The minimum Gasteiger partial charge on any atom is -0.348 e. The molecule has 2 rings (SSSR count). The molecule has 0 aliphatic heterocycles. The van der Waals surface area contributed by atoms with Crippen molar-refractivity contribution in [1.82, 2.24) is 5.32 Å². The summed E-state index contributed by atoms with van der Waals surface area (Å²) in [6.45, 7) is 7.75. The van der Waals surface area contributed by atoms with Gasteiger partial charge in [0.1, 0.15) is 0 Å². The lowest BCUT2D eigenvalue weighted by atomic mass is 9.89. The highest BCUT2D eigenvalue weighted by atomic mass is 16.5. The number of nitrogens with one attached hydrogen (secondary N) is 1. The smallest absolute Gasteiger partial charge is 0.254 e. The molecule has 0 heterocycles. The average Bonchev–Trinajstić information content (AvgIpc) is 2.45. The Balaban J connectivity index is 2.40. The van der Waals surface area contributed by atoms with Gasteiger partial charge in [0.25, 0.3) is 5.91 Å². The van der Waals surface area contributed by atoms with Crippen LogP contribution in [0.5, 0.6) is 0 Å². The van der Waals surface area contributed by atoms with Crippen LogP contribution in [0, 0.1) is 6.92 Å². The van der Waals surface area contributed by atoms with Gasteiger partial charge in [0.15, 0.2) is 11.5 Å². The molecule has 1 N–H and O–H groups in total. The molecule has 4 heteroatoms. The van der Waals surface area contributed by atoms with E-state index in [0.29, 0.717) is 23.3 Å². The van der Waals surface area contributed by atoms with Crippen LogP contribution in [0.2, 0.25) is 0 Å². The van der Waals surface area contributed by atoms with Gasteiger partial charge in [-0.3, -0.25) is 9.59 Å². The predicted octanol–water partition coefficient (Wildman–Crippen LogP) is 2.93. The van der Waals surface area contributed by atoms with Crippen molar-refractivity contribution in [2.75, 3.05) is 6.61 Å². The Hall–Kier alpha value is -2.20. The Morgan fingerprint density at radius 3 is 2.27 bits per heavy atom. The summed E-state index contributed by atoms with van der Waals surface area (Å²) in [6.07, 6.45) is 3.00. The molecule has 1 amide bonds. The van der Waals surface area contributed by atoms with E-state index in [1.165, 1.54) is 12.2 Å². The number of ether oxygens (including phenoxy) is 1. The van der Waals surface area contributed by atoms with E-state index in [9.17, 15) is 9.59 Å². The summed E-state index contributed by atoms with van der Waals surface area (Å²) in [6, 6.07) is 7.37. The molecule has 116 valence electrons. The van der Waals surface area contributed by atoms with Crippen molar-refractivity contribution in [2.45, 2.75) is 33.4 Å². The number of aryl methyl sites for hydroxylation is 1. The third-order valence-corrected chi connectivity index (χ3v) is 3.87. The molecule has 4 nitrogen and oxygen atoms in total. The molecule has 1 aliphatic carbocycles. The van der Waals surface area contributed by atoms with Crippen LogP contribution in [-0.2, 0) is 9.53 Å². The zero-order valence-electron chi connectivity index (χ0n) is 13.4. The summed E-state index contributed by atoms with van der Waals surface area (Å²) in [5, 5.41) is 2.96. The Morgan fingerprint density at radius 1 is 1.14 bits per heavy atom. The highest BCUT2D eigenvalue weighted by molar-refractivity contribution is 6.03. The highest BCUT2D eigenvalue weighted by Crippen LogP contribution is 2.31. The fraction of sp³-hybridized carbons (Fsp3) is 0.333. The molecule has 0 bridgehead atoms. The Bertz CT molecular complexity index is 649. The third kappa shape index (κ3) is 2.88. The number of amides is 1. The second kappa shape index (κ2) is 6.28. The maximum absolute atomic E-state index is 12.7. The Labute approximate surface area is 130 Å². The molecular formula is C18H21NO3. The van der Waals surface area contributed by atoms with Crippen LogP contribution >= 0.6 is 0 Å². The van der Waals surface area contributed by atoms with Crippen LogP contribution in [0.15, 0.2) is 47.6 Å². The zero-order chi connectivity index (χ0) is 16.3. The van der Waals surface area contributed by atoms with Gasteiger partial charge in [0.2, 0.25) is 0 Å². The molecule has 0 radical (unpaired) electrons.